The molecule has 4 heterocycles. The number of ether oxygens (including phenoxy) is 1. The van der Waals surface area contributed by atoms with Gasteiger partial charge in [0.2, 0.25) is 5.91 Å². The maximum Gasteiger partial charge on any atom is 0.222 e. The van der Waals surface area contributed by atoms with Gasteiger partial charge in [-0.3, -0.25) is 9.69 Å². The van der Waals surface area contributed by atoms with E-state index in [1.54, 1.807) is 11.3 Å². The van der Waals surface area contributed by atoms with Gasteiger partial charge in [0.15, 0.2) is 0 Å². The lowest BCUT2D eigenvalue weighted by Crippen LogP contribution is -2.52. The van der Waals surface area contributed by atoms with E-state index in [1.807, 2.05) is 0 Å². The number of thiazole rings is 1. The normalized spacial score (nSPS) is 26.7. The molecule has 3 aliphatic rings. The molecule has 1 aromatic rings. The number of aromatic nitrogens is 1. The number of hydrogen-bond donors (Lipinski definition) is 0. The second kappa shape index (κ2) is 7.95. The average Bonchev–Trinajstić information content (AvgIpc) is 3.32. The summed E-state index contributed by atoms with van der Waals surface area (Å²) < 4.78 is 5.77. The molecule has 1 aromatic heterocycles. The molecule has 5 nitrogen and oxygen atoms in total. The van der Waals surface area contributed by atoms with Crippen LogP contribution in [0.1, 0.15) is 56.2 Å². The van der Waals surface area contributed by atoms with Gasteiger partial charge in [-0.15, -0.1) is 11.3 Å². The van der Waals surface area contributed by atoms with Gasteiger partial charge in [0.1, 0.15) is 0 Å². The fraction of sp³-hybridized carbons (Fsp3) is 0.800. The molecule has 1 unspecified atom stereocenters. The van der Waals surface area contributed by atoms with Crippen molar-refractivity contribution in [1.82, 2.24) is 14.8 Å². The zero-order valence-electron chi connectivity index (χ0n) is 15.9. The van der Waals surface area contributed by atoms with Crippen molar-refractivity contribution in [3.05, 3.63) is 16.1 Å². The van der Waals surface area contributed by atoms with E-state index >= 15 is 0 Å². The molecule has 0 saturated carbocycles. The minimum absolute atomic E-state index is 0.270. The molecule has 3 aliphatic heterocycles. The van der Waals surface area contributed by atoms with E-state index in [-0.39, 0.29) is 6.10 Å². The van der Waals surface area contributed by atoms with E-state index in [2.05, 4.69) is 22.1 Å². The molecule has 0 N–H and O–H groups in total. The van der Waals surface area contributed by atoms with Gasteiger partial charge in [-0.25, -0.2) is 4.98 Å². The van der Waals surface area contributed by atoms with E-state index in [4.69, 9.17) is 9.72 Å². The Morgan fingerprint density at radius 3 is 2.88 bits per heavy atom. The second-order valence-electron chi connectivity index (χ2n) is 8.27. The first kappa shape index (κ1) is 18.4. The van der Waals surface area contributed by atoms with Crippen molar-refractivity contribution in [1.29, 1.82) is 0 Å². The predicted molar refractivity (Wildman–Crippen MR) is 103 cm³/mol. The molecule has 0 bridgehead atoms. The summed E-state index contributed by atoms with van der Waals surface area (Å²) in [5.41, 5.74) is 1.56. The first-order chi connectivity index (χ1) is 12.7. The van der Waals surface area contributed by atoms with Gasteiger partial charge in [0, 0.05) is 38.0 Å². The van der Waals surface area contributed by atoms with Gasteiger partial charge >= 0.3 is 0 Å². The summed E-state index contributed by atoms with van der Waals surface area (Å²) in [5, 5.41) is 3.45. The van der Waals surface area contributed by atoms with E-state index < -0.39 is 0 Å². The summed E-state index contributed by atoms with van der Waals surface area (Å²) in [4.78, 5) is 21.8. The Balaban J connectivity index is 1.31. The summed E-state index contributed by atoms with van der Waals surface area (Å²) >= 11 is 1.78. The Bertz CT molecular complexity index is 618. The molecule has 3 saturated heterocycles. The highest BCUT2D eigenvalue weighted by Gasteiger charge is 2.41. The molecule has 6 heteroatoms. The fourth-order valence-electron chi connectivity index (χ4n) is 4.71. The molecule has 1 spiro atoms. The van der Waals surface area contributed by atoms with Gasteiger partial charge in [0.05, 0.1) is 16.8 Å². The molecule has 1 atom stereocenters. The molecule has 0 aliphatic carbocycles. The number of likely N-dealkylation sites (tertiary alicyclic amines) is 2. The summed E-state index contributed by atoms with van der Waals surface area (Å²) in [7, 11) is 0. The Morgan fingerprint density at radius 1 is 1.35 bits per heavy atom. The standard InChI is InChI=1S/C20H31N3O2S/c1-2-18-21-16(14-26-18)12-22-9-7-20(8-10-22)6-5-19(24)23(15-20)13-17-4-3-11-25-17/h14,17H,2-13,15H2,1H3. The number of nitrogens with zero attached hydrogens (tertiary/aromatic N) is 3. The number of piperidine rings is 2. The van der Waals surface area contributed by atoms with Crippen molar-refractivity contribution in [3.8, 4) is 0 Å². The number of hydrogen-bond acceptors (Lipinski definition) is 5. The van der Waals surface area contributed by atoms with Crippen LogP contribution in [0.2, 0.25) is 0 Å². The van der Waals surface area contributed by atoms with Crippen LogP contribution in [-0.4, -0.2) is 59.6 Å². The van der Waals surface area contributed by atoms with Crippen LogP contribution >= 0.6 is 11.3 Å². The van der Waals surface area contributed by atoms with Crippen molar-refractivity contribution in [2.45, 2.75) is 64.5 Å². The molecule has 0 aromatic carbocycles. The van der Waals surface area contributed by atoms with Crippen LogP contribution in [-0.2, 0) is 22.5 Å². The second-order valence-corrected chi connectivity index (χ2v) is 9.21. The van der Waals surface area contributed by atoms with Crippen molar-refractivity contribution in [2.24, 2.45) is 5.41 Å². The van der Waals surface area contributed by atoms with Crippen LogP contribution in [0.4, 0.5) is 0 Å². The molecule has 1 amide bonds. The number of rotatable bonds is 5. The van der Waals surface area contributed by atoms with Crippen molar-refractivity contribution < 1.29 is 9.53 Å². The molecule has 26 heavy (non-hydrogen) atoms. The Labute approximate surface area is 160 Å². The smallest absolute Gasteiger partial charge is 0.222 e. The largest absolute Gasteiger partial charge is 0.376 e. The van der Waals surface area contributed by atoms with Crippen molar-refractivity contribution >= 4 is 17.2 Å². The number of aryl methyl sites for hydroxylation is 1. The zero-order valence-corrected chi connectivity index (χ0v) is 16.7. The predicted octanol–water partition coefficient (Wildman–Crippen LogP) is 3.09. The third kappa shape index (κ3) is 4.12. The first-order valence-corrected chi connectivity index (χ1v) is 11.1. The summed E-state index contributed by atoms with van der Waals surface area (Å²) in [6.45, 7) is 8.01. The van der Waals surface area contributed by atoms with Gasteiger partial charge in [-0.05, 0) is 57.0 Å². The quantitative estimate of drug-likeness (QED) is 0.791. The molecule has 4 rings (SSSR count). The molecule has 144 valence electrons. The third-order valence-corrected chi connectivity index (χ3v) is 7.44. The maximum atomic E-state index is 12.4. The van der Waals surface area contributed by atoms with Crippen LogP contribution in [0.3, 0.4) is 0 Å². The van der Waals surface area contributed by atoms with E-state index in [9.17, 15) is 4.79 Å². The highest BCUT2D eigenvalue weighted by atomic mass is 32.1. The minimum atomic E-state index is 0.270. The lowest BCUT2D eigenvalue weighted by molar-refractivity contribution is -0.141. The summed E-state index contributed by atoms with van der Waals surface area (Å²) in [6.07, 6.45) is 7.74. The molecular formula is C20H31N3O2S. The Morgan fingerprint density at radius 2 is 2.19 bits per heavy atom. The van der Waals surface area contributed by atoms with E-state index in [0.717, 1.165) is 71.4 Å². The first-order valence-electron chi connectivity index (χ1n) is 10.2. The van der Waals surface area contributed by atoms with Crippen LogP contribution in [0.15, 0.2) is 5.38 Å². The molecular weight excluding hydrogens is 346 g/mol. The summed E-state index contributed by atoms with van der Waals surface area (Å²) in [5.74, 6) is 0.336. The third-order valence-electron chi connectivity index (χ3n) is 6.40. The van der Waals surface area contributed by atoms with Crippen LogP contribution in [0.25, 0.3) is 0 Å². The fourth-order valence-corrected chi connectivity index (χ4v) is 5.45. The van der Waals surface area contributed by atoms with Gasteiger partial charge in [-0.1, -0.05) is 6.92 Å². The van der Waals surface area contributed by atoms with Crippen LogP contribution in [0.5, 0.6) is 0 Å². The van der Waals surface area contributed by atoms with Crippen LogP contribution in [0, 0.1) is 5.41 Å². The van der Waals surface area contributed by atoms with Crippen LogP contribution < -0.4 is 0 Å². The van der Waals surface area contributed by atoms with Crippen molar-refractivity contribution in [3.63, 3.8) is 0 Å². The molecule has 0 radical (unpaired) electrons. The average molecular weight is 378 g/mol. The Hall–Kier alpha value is -0.980. The number of carbonyl (C=O) groups is 1. The topological polar surface area (TPSA) is 45.7 Å². The zero-order chi connectivity index (χ0) is 18.0. The molecule has 3 fully saturated rings. The van der Waals surface area contributed by atoms with E-state index in [1.165, 1.54) is 23.5 Å². The van der Waals surface area contributed by atoms with Gasteiger partial charge in [-0.2, -0.15) is 0 Å². The highest BCUT2D eigenvalue weighted by molar-refractivity contribution is 7.09. The minimum Gasteiger partial charge on any atom is -0.376 e. The van der Waals surface area contributed by atoms with E-state index in [0.29, 0.717) is 11.3 Å². The highest BCUT2D eigenvalue weighted by Crippen LogP contribution is 2.40. The Kier molecular flexibility index (Phi) is 5.62. The number of carbonyl (C=O) groups excluding carboxylic acids is 1. The summed E-state index contributed by atoms with van der Waals surface area (Å²) in [6, 6.07) is 0. The lowest BCUT2D eigenvalue weighted by Gasteiger charge is -2.47. The SMILES string of the molecule is CCc1nc(CN2CCC3(CCC(=O)N(CC4CCCO4)C3)CC2)cs1. The monoisotopic (exact) mass is 377 g/mol. The number of amides is 1. The van der Waals surface area contributed by atoms with Gasteiger partial charge in [0.25, 0.3) is 0 Å². The lowest BCUT2D eigenvalue weighted by atomic mass is 9.72. The van der Waals surface area contributed by atoms with Crippen molar-refractivity contribution in [2.75, 3.05) is 32.8 Å². The maximum absolute atomic E-state index is 12.4. The van der Waals surface area contributed by atoms with Gasteiger partial charge < -0.3 is 9.64 Å².